The molecule has 3 rings (SSSR count). The number of amides is 2. The number of rotatable bonds is 8. The van der Waals surface area contributed by atoms with Crippen molar-refractivity contribution in [2.24, 2.45) is 0 Å². The first-order chi connectivity index (χ1) is 13.2. The number of carbonyl (C=O) groups excluding carboxylic acids is 2. The van der Waals surface area contributed by atoms with Gasteiger partial charge in [0.15, 0.2) is 0 Å². The maximum Gasteiger partial charge on any atom is 0.227 e. The fourth-order valence-electron chi connectivity index (χ4n) is 2.24. The van der Waals surface area contributed by atoms with Gasteiger partial charge in [-0.05, 0) is 24.3 Å². The molecule has 2 amide bonds. The van der Waals surface area contributed by atoms with E-state index in [1.807, 2.05) is 0 Å². The molecule has 0 aliphatic rings. The van der Waals surface area contributed by atoms with Crippen molar-refractivity contribution in [3.63, 3.8) is 0 Å². The summed E-state index contributed by atoms with van der Waals surface area (Å²) in [4.78, 5) is 35.8. The van der Waals surface area contributed by atoms with Crippen LogP contribution < -0.4 is 10.6 Å². The normalized spacial score (nSPS) is 10.4. The highest BCUT2D eigenvalue weighted by molar-refractivity contribution is 5.90. The van der Waals surface area contributed by atoms with Gasteiger partial charge in [0.25, 0.3) is 0 Å². The summed E-state index contributed by atoms with van der Waals surface area (Å²) >= 11 is 0. The molecule has 0 fully saturated rings. The standard InChI is InChI=1S/C18H18N6O3/c25-15(21-12-8-16(26)22-14-3-1-2-9-20-14)4-5-17-23-18(24-27-17)13-6-10-19-11-7-13/h1-3,6-7,9-11H,4-5,8,12H2,(H,21,25)(H,20,22,26). The van der Waals surface area contributed by atoms with Gasteiger partial charge >= 0.3 is 0 Å². The minimum atomic E-state index is -0.215. The molecule has 27 heavy (non-hydrogen) atoms. The third kappa shape index (κ3) is 5.70. The van der Waals surface area contributed by atoms with Gasteiger partial charge in [0.05, 0.1) is 0 Å². The van der Waals surface area contributed by atoms with Crippen molar-refractivity contribution < 1.29 is 14.1 Å². The Labute approximate surface area is 155 Å². The number of hydrogen-bond acceptors (Lipinski definition) is 7. The van der Waals surface area contributed by atoms with Gasteiger partial charge in [-0.1, -0.05) is 11.2 Å². The minimum Gasteiger partial charge on any atom is -0.356 e. The summed E-state index contributed by atoms with van der Waals surface area (Å²) in [6.45, 7) is 0.240. The average molecular weight is 366 g/mol. The van der Waals surface area contributed by atoms with Crippen LogP contribution in [0.25, 0.3) is 11.4 Å². The highest BCUT2D eigenvalue weighted by Gasteiger charge is 2.11. The molecule has 0 aromatic carbocycles. The third-order valence-corrected chi connectivity index (χ3v) is 3.58. The Hall–Kier alpha value is -3.62. The third-order valence-electron chi connectivity index (χ3n) is 3.58. The summed E-state index contributed by atoms with van der Waals surface area (Å²) in [6, 6.07) is 8.79. The first kappa shape index (κ1) is 18.2. The van der Waals surface area contributed by atoms with Gasteiger partial charge < -0.3 is 15.2 Å². The van der Waals surface area contributed by atoms with E-state index in [4.69, 9.17) is 4.52 Å². The highest BCUT2D eigenvalue weighted by atomic mass is 16.5. The zero-order chi connectivity index (χ0) is 18.9. The zero-order valence-corrected chi connectivity index (χ0v) is 14.5. The molecule has 3 heterocycles. The molecule has 0 saturated carbocycles. The quantitative estimate of drug-likeness (QED) is 0.621. The number of aryl methyl sites for hydroxylation is 1. The fourth-order valence-corrected chi connectivity index (χ4v) is 2.24. The van der Waals surface area contributed by atoms with Gasteiger partial charge in [0.2, 0.25) is 23.5 Å². The van der Waals surface area contributed by atoms with Gasteiger partial charge in [-0.15, -0.1) is 0 Å². The summed E-state index contributed by atoms with van der Waals surface area (Å²) in [5.41, 5.74) is 0.795. The predicted molar refractivity (Wildman–Crippen MR) is 96.3 cm³/mol. The van der Waals surface area contributed by atoms with Gasteiger partial charge in [-0.2, -0.15) is 4.98 Å². The van der Waals surface area contributed by atoms with Crippen molar-refractivity contribution in [2.75, 3.05) is 11.9 Å². The number of aromatic nitrogens is 4. The van der Waals surface area contributed by atoms with E-state index in [1.165, 1.54) is 0 Å². The molecule has 138 valence electrons. The highest BCUT2D eigenvalue weighted by Crippen LogP contribution is 2.14. The molecule has 0 aliphatic carbocycles. The molecule has 0 spiro atoms. The second kappa shape index (κ2) is 9.18. The van der Waals surface area contributed by atoms with Crippen LogP contribution in [0.15, 0.2) is 53.4 Å². The van der Waals surface area contributed by atoms with E-state index in [1.54, 1.807) is 48.9 Å². The Morgan fingerprint density at radius 1 is 1.00 bits per heavy atom. The summed E-state index contributed by atoms with van der Waals surface area (Å²) < 4.78 is 5.15. The van der Waals surface area contributed by atoms with Crippen molar-refractivity contribution in [1.82, 2.24) is 25.4 Å². The lowest BCUT2D eigenvalue weighted by atomic mass is 10.2. The Bertz CT molecular complexity index is 882. The molecular weight excluding hydrogens is 348 g/mol. The number of nitrogens with one attached hydrogen (secondary N) is 2. The van der Waals surface area contributed by atoms with Crippen molar-refractivity contribution in [3.8, 4) is 11.4 Å². The molecule has 0 saturated heterocycles. The summed E-state index contributed by atoms with van der Waals surface area (Å²) in [6.07, 6.45) is 5.56. The van der Waals surface area contributed by atoms with Crippen LogP contribution in [0.5, 0.6) is 0 Å². The van der Waals surface area contributed by atoms with E-state index in [-0.39, 0.29) is 31.2 Å². The van der Waals surface area contributed by atoms with Crippen LogP contribution in [0, 0.1) is 0 Å². The van der Waals surface area contributed by atoms with E-state index in [0.717, 1.165) is 5.56 Å². The Balaban J connectivity index is 1.36. The molecule has 3 aromatic heterocycles. The van der Waals surface area contributed by atoms with E-state index in [0.29, 0.717) is 24.0 Å². The molecule has 0 atom stereocenters. The minimum absolute atomic E-state index is 0.162. The van der Waals surface area contributed by atoms with Gasteiger partial charge in [-0.3, -0.25) is 14.6 Å². The lowest BCUT2D eigenvalue weighted by molar-refractivity contribution is -0.121. The van der Waals surface area contributed by atoms with E-state index in [9.17, 15) is 9.59 Å². The Morgan fingerprint density at radius 3 is 2.63 bits per heavy atom. The van der Waals surface area contributed by atoms with Gasteiger partial charge in [0, 0.05) is 50.0 Å². The molecule has 3 aromatic rings. The molecule has 0 aliphatic heterocycles. The number of carbonyl (C=O) groups is 2. The van der Waals surface area contributed by atoms with Crippen LogP contribution >= 0.6 is 0 Å². The molecule has 0 unspecified atom stereocenters. The summed E-state index contributed by atoms with van der Waals surface area (Å²) in [5, 5.41) is 9.23. The largest absolute Gasteiger partial charge is 0.356 e. The predicted octanol–water partition coefficient (Wildman–Crippen LogP) is 1.60. The molecule has 9 heteroatoms. The number of hydrogen-bond donors (Lipinski definition) is 2. The van der Waals surface area contributed by atoms with E-state index >= 15 is 0 Å². The maximum atomic E-state index is 11.9. The molecule has 2 N–H and O–H groups in total. The first-order valence-corrected chi connectivity index (χ1v) is 8.41. The van der Waals surface area contributed by atoms with Gasteiger partial charge in [-0.25, -0.2) is 4.98 Å². The van der Waals surface area contributed by atoms with Crippen LogP contribution in [0.1, 0.15) is 18.7 Å². The van der Waals surface area contributed by atoms with Crippen molar-refractivity contribution >= 4 is 17.6 Å². The summed E-state index contributed by atoms with van der Waals surface area (Å²) in [7, 11) is 0. The molecular formula is C18H18N6O3. The average Bonchev–Trinajstić information content (AvgIpc) is 3.17. The monoisotopic (exact) mass is 366 g/mol. The van der Waals surface area contributed by atoms with Crippen LogP contribution in [0.4, 0.5) is 5.82 Å². The second-order valence-corrected chi connectivity index (χ2v) is 5.61. The lowest BCUT2D eigenvalue weighted by Crippen LogP contribution is -2.27. The lowest BCUT2D eigenvalue weighted by Gasteiger charge is -2.05. The van der Waals surface area contributed by atoms with Crippen molar-refractivity contribution in [2.45, 2.75) is 19.3 Å². The second-order valence-electron chi connectivity index (χ2n) is 5.61. The van der Waals surface area contributed by atoms with Crippen molar-refractivity contribution in [3.05, 3.63) is 54.8 Å². The fraction of sp³-hybridized carbons (Fsp3) is 0.222. The Kier molecular flexibility index (Phi) is 6.18. The molecule has 9 nitrogen and oxygen atoms in total. The maximum absolute atomic E-state index is 11.9. The van der Waals surface area contributed by atoms with Crippen LogP contribution in [0.3, 0.4) is 0 Å². The van der Waals surface area contributed by atoms with Crippen LogP contribution in [-0.4, -0.2) is 38.5 Å². The van der Waals surface area contributed by atoms with Gasteiger partial charge in [0.1, 0.15) is 5.82 Å². The zero-order valence-electron chi connectivity index (χ0n) is 14.5. The van der Waals surface area contributed by atoms with Crippen LogP contribution in [0.2, 0.25) is 0 Å². The van der Waals surface area contributed by atoms with Crippen LogP contribution in [-0.2, 0) is 16.0 Å². The SMILES string of the molecule is O=C(CCc1nc(-c2ccncc2)no1)NCCC(=O)Nc1ccccn1. The number of nitrogens with zero attached hydrogens (tertiary/aromatic N) is 4. The van der Waals surface area contributed by atoms with E-state index < -0.39 is 0 Å². The topological polar surface area (TPSA) is 123 Å². The molecule has 0 bridgehead atoms. The Morgan fingerprint density at radius 2 is 1.85 bits per heavy atom. The molecule has 0 radical (unpaired) electrons. The number of pyridine rings is 2. The van der Waals surface area contributed by atoms with E-state index in [2.05, 4.69) is 30.7 Å². The first-order valence-electron chi connectivity index (χ1n) is 8.41. The smallest absolute Gasteiger partial charge is 0.227 e. The number of anilines is 1. The summed E-state index contributed by atoms with van der Waals surface area (Å²) in [5.74, 6) is 0.913. The van der Waals surface area contributed by atoms with Crippen molar-refractivity contribution in [1.29, 1.82) is 0 Å².